The number of sulfonamides is 1. The van der Waals surface area contributed by atoms with Gasteiger partial charge in [0.05, 0.1) is 4.90 Å². The Morgan fingerprint density at radius 3 is 2.24 bits per heavy atom. The van der Waals surface area contributed by atoms with Gasteiger partial charge < -0.3 is 5.32 Å². The third kappa shape index (κ3) is 6.28. The molecule has 0 heterocycles. The molecule has 2 aromatic carbocycles. The molecule has 0 aliphatic heterocycles. The molecule has 0 aromatic heterocycles. The molecule has 134 valence electrons. The van der Waals surface area contributed by atoms with E-state index in [-0.39, 0.29) is 16.6 Å². The average Bonchev–Trinajstić information content (AvgIpc) is 2.56. The van der Waals surface area contributed by atoms with Crippen molar-refractivity contribution in [3.63, 3.8) is 0 Å². The molecule has 7 heteroatoms. The van der Waals surface area contributed by atoms with Crippen LogP contribution in [0.3, 0.4) is 0 Å². The lowest BCUT2D eigenvalue weighted by molar-refractivity contribution is -0.114. The Bertz CT molecular complexity index is 803. The molecule has 0 bridgehead atoms. The van der Waals surface area contributed by atoms with Crippen LogP contribution in [0.4, 0.5) is 10.1 Å². The van der Waals surface area contributed by atoms with Crippen molar-refractivity contribution >= 4 is 21.6 Å². The predicted octanol–water partition coefficient (Wildman–Crippen LogP) is 3.09. The number of hydrogen-bond donors (Lipinski definition) is 2. The fourth-order valence-electron chi connectivity index (χ4n) is 2.32. The van der Waals surface area contributed by atoms with Gasteiger partial charge in [-0.3, -0.25) is 4.79 Å². The third-order valence-corrected chi connectivity index (χ3v) is 5.06. The number of halogens is 1. The summed E-state index contributed by atoms with van der Waals surface area (Å²) < 4.78 is 39.8. The van der Waals surface area contributed by atoms with Crippen LogP contribution in [0.1, 0.15) is 25.3 Å². The number of carbonyl (C=O) groups is 1. The van der Waals surface area contributed by atoms with Crippen LogP contribution in [0.5, 0.6) is 0 Å². The van der Waals surface area contributed by atoms with Gasteiger partial charge in [-0.15, -0.1) is 0 Å². The number of carbonyl (C=O) groups excluding carboxylic acids is 1. The van der Waals surface area contributed by atoms with Gasteiger partial charge in [0.25, 0.3) is 0 Å². The Morgan fingerprint density at radius 2 is 1.64 bits per heavy atom. The number of benzene rings is 2. The minimum atomic E-state index is -3.57. The van der Waals surface area contributed by atoms with E-state index in [1.807, 2.05) is 0 Å². The average molecular weight is 364 g/mol. The summed E-state index contributed by atoms with van der Waals surface area (Å²) in [5, 5.41) is 2.58. The van der Waals surface area contributed by atoms with Gasteiger partial charge in [0.1, 0.15) is 5.82 Å². The van der Waals surface area contributed by atoms with Crippen molar-refractivity contribution in [2.75, 3.05) is 11.9 Å². The Morgan fingerprint density at radius 1 is 1.00 bits per heavy atom. The minimum Gasteiger partial charge on any atom is -0.326 e. The van der Waals surface area contributed by atoms with Crippen molar-refractivity contribution in [1.29, 1.82) is 0 Å². The summed E-state index contributed by atoms with van der Waals surface area (Å²) >= 11 is 0. The maximum absolute atomic E-state index is 12.8. The maximum atomic E-state index is 12.8. The molecule has 1 amide bonds. The Labute approximate surface area is 147 Å². The zero-order chi connectivity index (χ0) is 18.3. The zero-order valence-corrected chi connectivity index (χ0v) is 14.8. The molecule has 0 atom stereocenters. The molecule has 0 saturated heterocycles. The predicted molar refractivity (Wildman–Crippen MR) is 95.3 cm³/mol. The number of nitrogens with one attached hydrogen (secondary N) is 2. The van der Waals surface area contributed by atoms with Gasteiger partial charge in [-0.25, -0.2) is 17.5 Å². The van der Waals surface area contributed by atoms with Crippen LogP contribution in [0.2, 0.25) is 0 Å². The van der Waals surface area contributed by atoms with Crippen LogP contribution in [0.25, 0.3) is 0 Å². The highest BCUT2D eigenvalue weighted by atomic mass is 32.2. The molecule has 0 unspecified atom stereocenters. The number of amides is 1. The van der Waals surface area contributed by atoms with Gasteiger partial charge in [0, 0.05) is 19.2 Å². The highest BCUT2D eigenvalue weighted by molar-refractivity contribution is 7.89. The molecule has 0 aliphatic carbocycles. The highest BCUT2D eigenvalue weighted by Gasteiger charge is 2.13. The van der Waals surface area contributed by atoms with Crippen molar-refractivity contribution in [2.45, 2.75) is 31.1 Å². The van der Waals surface area contributed by atoms with E-state index in [9.17, 15) is 17.6 Å². The van der Waals surface area contributed by atoms with Gasteiger partial charge in [-0.05, 0) is 61.2 Å². The molecule has 5 nitrogen and oxygen atoms in total. The Hall–Kier alpha value is -2.25. The second-order valence-corrected chi connectivity index (χ2v) is 7.45. The summed E-state index contributed by atoms with van der Waals surface area (Å²) in [6, 6.07) is 12.3. The number of rotatable bonds is 8. The van der Waals surface area contributed by atoms with E-state index in [0.29, 0.717) is 18.7 Å². The van der Waals surface area contributed by atoms with Crippen LogP contribution in [-0.4, -0.2) is 20.9 Å². The van der Waals surface area contributed by atoms with Crippen molar-refractivity contribution in [1.82, 2.24) is 4.72 Å². The number of aryl methyl sites for hydroxylation is 1. The van der Waals surface area contributed by atoms with E-state index in [0.717, 1.165) is 18.4 Å². The molecule has 0 saturated carbocycles. The largest absolute Gasteiger partial charge is 0.326 e. The molecule has 0 spiro atoms. The number of anilines is 1. The summed E-state index contributed by atoms with van der Waals surface area (Å²) in [6.45, 7) is 1.72. The summed E-state index contributed by atoms with van der Waals surface area (Å²) in [4.78, 5) is 11.1. The van der Waals surface area contributed by atoms with Crippen molar-refractivity contribution in [3.8, 4) is 0 Å². The standard InChI is InChI=1S/C18H21FN2O3S/c1-14(22)21-17-9-11-18(12-10-17)25(23,24)20-13-3-2-4-15-5-7-16(19)8-6-15/h5-12,20H,2-4,13H2,1H3,(H,21,22). The van der Waals surface area contributed by atoms with Crippen LogP contribution < -0.4 is 10.0 Å². The summed E-state index contributed by atoms with van der Waals surface area (Å²) in [7, 11) is -3.57. The second-order valence-electron chi connectivity index (χ2n) is 5.69. The second kappa shape index (κ2) is 8.73. The van der Waals surface area contributed by atoms with E-state index >= 15 is 0 Å². The smallest absolute Gasteiger partial charge is 0.240 e. The van der Waals surface area contributed by atoms with E-state index in [4.69, 9.17) is 0 Å². The first-order valence-corrected chi connectivity index (χ1v) is 9.47. The van der Waals surface area contributed by atoms with Gasteiger partial charge in [0.2, 0.25) is 15.9 Å². The summed E-state index contributed by atoms with van der Waals surface area (Å²) in [6.07, 6.45) is 2.25. The lowest BCUT2D eigenvalue weighted by Crippen LogP contribution is -2.24. The highest BCUT2D eigenvalue weighted by Crippen LogP contribution is 2.14. The summed E-state index contributed by atoms with van der Waals surface area (Å²) in [5.41, 5.74) is 1.57. The van der Waals surface area contributed by atoms with Crippen molar-refractivity contribution < 1.29 is 17.6 Å². The molecule has 0 fully saturated rings. The zero-order valence-electron chi connectivity index (χ0n) is 14.0. The lowest BCUT2D eigenvalue weighted by atomic mass is 10.1. The quantitative estimate of drug-likeness (QED) is 0.707. The van der Waals surface area contributed by atoms with Crippen LogP contribution in [0.15, 0.2) is 53.4 Å². The van der Waals surface area contributed by atoms with E-state index in [1.54, 1.807) is 24.3 Å². The van der Waals surface area contributed by atoms with Crippen molar-refractivity contribution in [3.05, 3.63) is 59.9 Å². The van der Waals surface area contributed by atoms with Gasteiger partial charge in [0.15, 0.2) is 0 Å². The molecular formula is C18H21FN2O3S. The monoisotopic (exact) mass is 364 g/mol. The molecule has 2 N–H and O–H groups in total. The summed E-state index contributed by atoms with van der Waals surface area (Å²) in [5.74, 6) is -0.476. The maximum Gasteiger partial charge on any atom is 0.240 e. The number of unbranched alkanes of at least 4 members (excludes halogenated alkanes) is 1. The lowest BCUT2D eigenvalue weighted by Gasteiger charge is -2.08. The van der Waals surface area contributed by atoms with Crippen molar-refractivity contribution in [2.24, 2.45) is 0 Å². The Kier molecular flexibility index (Phi) is 6.66. The topological polar surface area (TPSA) is 75.3 Å². The van der Waals surface area contributed by atoms with Gasteiger partial charge >= 0.3 is 0 Å². The van der Waals surface area contributed by atoms with Crippen LogP contribution in [-0.2, 0) is 21.2 Å². The molecule has 2 rings (SSSR count). The first-order valence-electron chi connectivity index (χ1n) is 7.98. The first-order chi connectivity index (χ1) is 11.9. The fraction of sp³-hybridized carbons (Fsp3) is 0.278. The molecule has 0 aliphatic rings. The van der Waals surface area contributed by atoms with E-state index in [2.05, 4.69) is 10.0 Å². The van der Waals surface area contributed by atoms with E-state index in [1.165, 1.54) is 31.2 Å². The third-order valence-electron chi connectivity index (χ3n) is 3.58. The van der Waals surface area contributed by atoms with Gasteiger partial charge in [-0.1, -0.05) is 12.1 Å². The van der Waals surface area contributed by atoms with E-state index < -0.39 is 10.0 Å². The number of hydrogen-bond acceptors (Lipinski definition) is 3. The first kappa shape index (κ1) is 19.1. The molecule has 0 radical (unpaired) electrons. The minimum absolute atomic E-state index is 0.153. The fourth-order valence-corrected chi connectivity index (χ4v) is 3.39. The Balaban J connectivity index is 1.78. The SMILES string of the molecule is CC(=O)Nc1ccc(S(=O)(=O)NCCCCc2ccc(F)cc2)cc1. The normalized spacial score (nSPS) is 11.3. The van der Waals surface area contributed by atoms with Crippen LogP contribution >= 0.6 is 0 Å². The molecular weight excluding hydrogens is 343 g/mol. The molecule has 25 heavy (non-hydrogen) atoms. The van der Waals surface area contributed by atoms with Gasteiger partial charge in [-0.2, -0.15) is 0 Å². The molecule has 2 aromatic rings. The van der Waals surface area contributed by atoms with Crippen LogP contribution in [0, 0.1) is 5.82 Å².